The van der Waals surface area contributed by atoms with E-state index in [2.05, 4.69) is 16.0 Å². The SMILES string of the molecule is CCCNC(=O)[C@H](C)NC(=O)CNc1cccc([N+](=O)[O-])c1. The van der Waals surface area contributed by atoms with E-state index in [-0.39, 0.29) is 24.0 Å². The predicted octanol–water partition coefficient (Wildman–Crippen LogP) is 1.04. The molecule has 8 heteroatoms. The van der Waals surface area contributed by atoms with Gasteiger partial charge in [0.05, 0.1) is 11.5 Å². The van der Waals surface area contributed by atoms with Gasteiger partial charge >= 0.3 is 0 Å². The summed E-state index contributed by atoms with van der Waals surface area (Å²) in [5.41, 5.74) is 0.408. The Morgan fingerprint density at radius 1 is 1.36 bits per heavy atom. The van der Waals surface area contributed by atoms with Crippen molar-refractivity contribution in [2.75, 3.05) is 18.4 Å². The quantitative estimate of drug-likeness (QED) is 0.490. The first-order valence-corrected chi connectivity index (χ1v) is 6.99. The second-order valence-corrected chi connectivity index (χ2v) is 4.74. The molecule has 0 bridgehead atoms. The minimum atomic E-state index is -0.633. The molecule has 0 heterocycles. The largest absolute Gasteiger partial charge is 0.376 e. The summed E-state index contributed by atoms with van der Waals surface area (Å²) in [6.45, 7) is 4.01. The normalized spacial score (nSPS) is 11.4. The predicted molar refractivity (Wildman–Crippen MR) is 82.5 cm³/mol. The molecule has 0 unspecified atom stereocenters. The van der Waals surface area contributed by atoms with E-state index in [1.807, 2.05) is 6.92 Å². The molecule has 0 saturated carbocycles. The smallest absolute Gasteiger partial charge is 0.271 e. The number of anilines is 1. The molecule has 1 aromatic carbocycles. The molecular formula is C14H20N4O4. The maximum atomic E-state index is 11.7. The molecule has 0 aromatic heterocycles. The Bertz CT molecular complexity index is 547. The van der Waals surface area contributed by atoms with E-state index in [9.17, 15) is 19.7 Å². The van der Waals surface area contributed by atoms with Crippen LogP contribution in [0.3, 0.4) is 0 Å². The number of hydrogen-bond donors (Lipinski definition) is 3. The van der Waals surface area contributed by atoms with Gasteiger partial charge in [0.2, 0.25) is 11.8 Å². The van der Waals surface area contributed by atoms with Gasteiger partial charge in [-0.15, -0.1) is 0 Å². The zero-order chi connectivity index (χ0) is 16.5. The van der Waals surface area contributed by atoms with Gasteiger partial charge in [0, 0.05) is 24.4 Å². The van der Waals surface area contributed by atoms with Crippen molar-refractivity contribution >= 4 is 23.2 Å². The minimum absolute atomic E-state index is 0.0577. The first kappa shape index (κ1) is 17.4. The number of benzene rings is 1. The zero-order valence-electron chi connectivity index (χ0n) is 12.6. The number of amides is 2. The number of hydrogen-bond acceptors (Lipinski definition) is 5. The average molecular weight is 308 g/mol. The highest BCUT2D eigenvalue weighted by Gasteiger charge is 2.14. The summed E-state index contributed by atoms with van der Waals surface area (Å²) < 4.78 is 0. The number of non-ortho nitro benzene ring substituents is 1. The minimum Gasteiger partial charge on any atom is -0.376 e. The second kappa shape index (κ2) is 8.60. The van der Waals surface area contributed by atoms with E-state index in [0.717, 1.165) is 6.42 Å². The number of rotatable bonds is 8. The first-order valence-electron chi connectivity index (χ1n) is 6.99. The summed E-state index contributed by atoms with van der Waals surface area (Å²) in [5.74, 6) is -0.615. The van der Waals surface area contributed by atoms with Gasteiger partial charge in [-0.2, -0.15) is 0 Å². The molecule has 1 atom stereocenters. The van der Waals surface area contributed by atoms with Crippen LogP contribution in [0.5, 0.6) is 0 Å². The third-order valence-corrected chi connectivity index (χ3v) is 2.83. The Kier molecular flexibility index (Phi) is 6.81. The lowest BCUT2D eigenvalue weighted by atomic mass is 10.2. The molecule has 0 spiro atoms. The monoisotopic (exact) mass is 308 g/mol. The van der Waals surface area contributed by atoms with Gasteiger partial charge < -0.3 is 16.0 Å². The van der Waals surface area contributed by atoms with Crippen LogP contribution in [0.4, 0.5) is 11.4 Å². The van der Waals surface area contributed by atoms with Crippen molar-refractivity contribution in [1.29, 1.82) is 0 Å². The number of carbonyl (C=O) groups excluding carboxylic acids is 2. The molecule has 1 aromatic rings. The molecule has 8 nitrogen and oxygen atoms in total. The molecule has 0 fully saturated rings. The Hall–Kier alpha value is -2.64. The fraction of sp³-hybridized carbons (Fsp3) is 0.429. The van der Waals surface area contributed by atoms with Crippen LogP contribution in [-0.2, 0) is 9.59 Å². The van der Waals surface area contributed by atoms with Crippen molar-refractivity contribution in [2.24, 2.45) is 0 Å². The van der Waals surface area contributed by atoms with Crippen LogP contribution in [0.15, 0.2) is 24.3 Å². The fourth-order valence-corrected chi connectivity index (χ4v) is 1.67. The summed E-state index contributed by atoms with van der Waals surface area (Å²) in [5, 5.41) is 18.7. The summed E-state index contributed by atoms with van der Waals surface area (Å²) >= 11 is 0. The third-order valence-electron chi connectivity index (χ3n) is 2.83. The average Bonchev–Trinajstić information content (AvgIpc) is 2.50. The molecule has 0 radical (unpaired) electrons. The van der Waals surface area contributed by atoms with Crippen molar-refractivity contribution in [3.8, 4) is 0 Å². The van der Waals surface area contributed by atoms with E-state index >= 15 is 0 Å². The molecular weight excluding hydrogens is 288 g/mol. The second-order valence-electron chi connectivity index (χ2n) is 4.74. The van der Waals surface area contributed by atoms with Gasteiger partial charge in [0.1, 0.15) is 6.04 Å². The highest BCUT2D eigenvalue weighted by atomic mass is 16.6. The zero-order valence-corrected chi connectivity index (χ0v) is 12.6. The number of nitro groups is 1. The summed E-state index contributed by atoms with van der Waals surface area (Å²) in [6.07, 6.45) is 0.820. The van der Waals surface area contributed by atoms with Gasteiger partial charge in [-0.25, -0.2) is 0 Å². The molecule has 0 aliphatic rings. The van der Waals surface area contributed by atoms with Crippen LogP contribution >= 0.6 is 0 Å². The molecule has 1 rings (SSSR count). The van der Waals surface area contributed by atoms with Crippen LogP contribution < -0.4 is 16.0 Å². The van der Waals surface area contributed by atoms with Crippen LogP contribution in [0.25, 0.3) is 0 Å². The van der Waals surface area contributed by atoms with Crippen molar-refractivity contribution < 1.29 is 14.5 Å². The third kappa shape index (κ3) is 5.78. The molecule has 120 valence electrons. The van der Waals surface area contributed by atoms with Crippen molar-refractivity contribution in [2.45, 2.75) is 26.3 Å². The molecule has 22 heavy (non-hydrogen) atoms. The fourth-order valence-electron chi connectivity index (χ4n) is 1.67. The van der Waals surface area contributed by atoms with Gasteiger partial charge in [-0.1, -0.05) is 13.0 Å². The molecule has 2 amide bonds. The highest BCUT2D eigenvalue weighted by Crippen LogP contribution is 2.16. The van der Waals surface area contributed by atoms with Crippen LogP contribution in [-0.4, -0.2) is 35.9 Å². The lowest BCUT2D eigenvalue weighted by molar-refractivity contribution is -0.384. The van der Waals surface area contributed by atoms with Crippen molar-refractivity contribution in [3.63, 3.8) is 0 Å². The van der Waals surface area contributed by atoms with E-state index in [1.165, 1.54) is 18.2 Å². The topological polar surface area (TPSA) is 113 Å². The van der Waals surface area contributed by atoms with E-state index in [4.69, 9.17) is 0 Å². The van der Waals surface area contributed by atoms with Gasteiger partial charge in [0.15, 0.2) is 0 Å². The Morgan fingerprint density at radius 2 is 2.09 bits per heavy atom. The Balaban J connectivity index is 2.44. The summed E-state index contributed by atoms with van der Waals surface area (Å²) in [7, 11) is 0. The standard InChI is InChI=1S/C14H20N4O4/c1-3-7-15-14(20)10(2)17-13(19)9-16-11-5-4-6-12(8-11)18(21)22/h4-6,8,10,16H,3,7,9H2,1-2H3,(H,15,20)(H,17,19)/t10-/m0/s1. The number of nitro benzene ring substituents is 1. The van der Waals surface area contributed by atoms with Crippen molar-refractivity contribution in [1.82, 2.24) is 10.6 Å². The van der Waals surface area contributed by atoms with Crippen molar-refractivity contribution in [3.05, 3.63) is 34.4 Å². The Labute approximate surface area is 128 Å². The molecule has 3 N–H and O–H groups in total. The van der Waals surface area contributed by atoms with Gasteiger partial charge in [0.25, 0.3) is 5.69 Å². The lowest BCUT2D eigenvalue weighted by Gasteiger charge is -2.14. The first-order chi connectivity index (χ1) is 10.4. The molecule has 0 aliphatic heterocycles. The maximum Gasteiger partial charge on any atom is 0.271 e. The van der Waals surface area contributed by atoms with E-state index in [1.54, 1.807) is 13.0 Å². The Morgan fingerprint density at radius 3 is 2.73 bits per heavy atom. The van der Waals surface area contributed by atoms with E-state index in [0.29, 0.717) is 12.2 Å². The molecule has 0 saturated heterocycles. The van der Waals surface area contributed by atoms with E-state index < -0.39 is 11.0 Å². The number of nitrogens with zero attached hydrogens (tertiary/aromatic N) is 1. The van der Waals surface area contributed by atoms with Crippen LogP contribution in [0, 0.1) is 10.1 Å². The maximum absolute atomic E-state index is 11.7. The highest BCUT2D eigenvalue weighted by molar-refractivity contribution is 5.88. The van der Waals surface area contributed by atoms with Gasteiger partial charge in [-0.3, -0.25) is 19.7 Å². The number of carbonyl (C=O) groups is 2. The summed E-state index contributed by atoms with van der Waals surface area (Å²) in [4.78, 5) is 33.5. The lowest BCUT2D eigenvalue weighted by Crippen LogP contribution is -2.46. The van der Waals surface area contributed by atoms with Gasteiger partial charge in [-0.05, 0) is 19.4 Å². The van der Waals surface area contributed by atoms with Crippen LogP contribution in [0.1, 0.15) is 20.3 Å². The molecule has 0 aliphatic carbocycles. The number of nitrogens with one attached hydrogen (secondary N) is 3. The summed E-state index contributed by atoms with van der Waals surface area (Å²) in [6, 6.07) is 5.22. The van der Waals surface area contributed by atoms with Crippen LogP contribution in [0.2, 0.25) is 0 Å².